The number of aliphatic carboxylic acids is 1. The molecule has 1 aromatic carbocycles. The summed E-state index contributed by atoms with van der Waals surface area (Å²) in [6.45, 7) is 1.82. The summed E-state index contributed by atoms with van der Waals surface area (Å²) in [4.78, 5) is 11.2. The fraction of sp³-hybridized carbons (Fsp3) is 0.462. The van der Waals surface area contributed by atoms with Crippen molar-refractivity contribution in [2.75, 3.05) is 21.3 Å². The summed E-state index contributed by atoms with van der Waals surface area (Å²) < 4.78 is 15.6. The van der Waals surface area contributed by atoms with E-state index in [1.54, 1.807) is 12.1 Å². The summed E-state index contributed by atoms with van der Waals surface area (Å²) in [7, 11) is 4.51. The minimum atomic E-state index is -0.869. The highest BCUT2D eigenvalue weighted by Gasteiger charge is 2.22. The first-order valence-corrected chi connectivity index (χ1v) is 5.61. The Labute approximate surface area is 106 Å². The summed E-state index contributed by atoms with van der Waals surface area (Å²) in [6.07, 6.45) is 0.494. The number of carbonyl (C=O) groups is 1. The molecule has 5 nitrogen and oxygen atoms in total. The van der Waals surface area contributed by atoms with Gasteiger partial charge in [-0.05, 0) is 24.1 Å². The third-order valence-electron chi connectivity index (χ3n) is 2.80. The lowest BCUT2D eigenvalue weighted by atomic mass is 9.96. The zero-order valence-corrected chi connectivity index (χ0v) is 11.0. The van der Waals surface area contributed by atoms with Crippen LogP contribution < -0.4 is 14.2 Å². The van der Waals surface area contributed by atoms with Gasteiger partial charge in [0.1, 0.15) is 0 Å². The molecule has 5 heteroatoms. The smallest absolute Gasteiger partial charge is 0.310 e. The molecule has 0 aliphatic carbocycles. The highest BCUT2D eigenvalue weighted by atomic mass is 16.5. The molecule has 1 aromatic rings. The van der Waals surface area contributed by atoms with Crippen LogP contribution in [0.3, 0.4) is 0 Å². The lowest BCUT2D eigenvalue weighted by molar-refractivity contribution is -0.138. The normalized spacial score (nSPS) is 11.8. The van der Waals surface area contributed by atoms with Crippen LogP contribution in [0.25, 0.3) is 0 Å². The van der Waals surface area contributed by atoms with Crippen molar-refractivity contribution in [3.8, 4) is 17.2 Å². The van der Waals surface area contributed by atoms with Gasteiger partial charge in [0.2, 0.25) is 5.75 Å². The second kappa shape index (κ2) is 6.14. The van der Waals surface area contributed by atoms with Gasteiger partial charge in [-0.2, -0.15) is 0 Å². The van der Waals surface area contributed by atoms with Crippen molar-refractivity contribution in [3.63, 3.8) is 0 Å². The second-order valence-electron chi connectivity index (χ2n) is 3.76. The molecular weight excluding hydrogens is 236 g/mol. The number of ether oxygens (including phenoxy) is 3. The first-order valence-electron chi connectivity index (χ1n) is 5.61. The van der Waals surface area contributed by atoms with Gasteiger partial charge in [0.05, 0.1) is 27.2 Å². The molecular formula is C13H18O5. The highest BCUT2D eigenvalue weighted by Crippen LogP contribution is 2.40. The number of carboxylic acid groups (broad SMARTS) is 1. The fourth-order valence-electron chi connectivity index (χ4n) is 1.86. The summed E-state index contributed by atoms with van der Waals surface area (Å²) >= 11 is 0. The van der Waals surface area contributed by atoms with E-state index >= 15 is 0 Å². The standard InChI is InChI=1S/C13H18O5/c1-5-9(13(14)15)8-6-10(16-2)12(18-4)11(7-8)17-3/h6-7,9H,5H2,1-4H3,(H,14,15)/t9-/m1/s1. The molecule has 0 heterocycles. The molecule has 1 atom stereocenters. The van der Waals surface area contributed by atoms with Crippen LogP contribution in [0.5, 0.6) is 17.2 Å². The minimum absolute atomic E-state index is 0.462. The molecule has 1 N–H and O–H groups in total. The van der Waals surface area contributed by atoms with Crippen molar-refractivity contribution < 1.29 is 24.1 Å². The van der Waals surface area contributed by atoms with Crippen molar-refractivity contribution >= 4 is 5.97 Å². The number of rotatable bonds is 6. The Morgan fingerprint density at radius 1 is 1.17 bits per heavy atom. The Hall–Kier alpha value is -1.91. The van der Waals surface area contributed by atoms with Crippen LogP contribution >= 0.6 is 0 Å². The third kappa shape index (κ3) is 2.67. The first kappa shape index (κ1) is 14.2. The number of methoxy groups -OCH3 is 3. The van der Waals surface area contributed by atoms with Crippen LogP contribution in [-0.4, -0.2) is 32.4 Å². The van der Waals surface area contributed by atoms with E-state index in [9.17, 15) is 4.79 Å². The molecule has 1 rings (SSSR count). The van der Waals surface area contributed by atoms with Gasteiger partial charge in [-0.3, -0.25) is 4.79 Å². The molecule has 0 saturated heterocycles. The molecule has 18 heavy (non-hydrogen) atoms. The van der Waals surface area contributed by atoms with Crippen LogP contribution in [-0.2, 0) is 4.79 Å². The maximum absolute atomic E-state index is 11.2. The van der Waals surface area contributed by atoms with E-state index in [2.05, 4.69) is 0 Å². The SMILES string of the molecule is CC[C@@H](C(=O)O)c1cc(OC)c(OC)c(OC)c1. The van der Waals surface area contributed by atoms with Crippen LogP contribution in [0.2, 0.25) is 0 Å². The maximum atomic E-state index is 11.2. The van der Waals surface area contributed by atoms with Crippen LogP contribution in [0.1, 0.15) is 24.8 Å². The molecule has 0 bridgehead atoms. The minimum Gasteiger partial charge on any atom is -0.493 e. The fourth-order valence-corrected chi connectivity index (χ4v) is 1.86. The summed E-state index contributed by atoms with van der Waals surface area (Å²) in [5.74, 6) is -0.0624. The summed E-state index contributed by atoms with van der Waals surface area (Å²) in [5.41, 5.74) is 0.638. The topological polar surface area (TPSA) is 65.0 Å². The third-order valence-corrected chi connectivity index (χ3v) is 2.80. The van der Waals surface area contributed by atoms with E-state index in [1.165, 1.54) is 21.3 Å². The summed E-state index contributed by atoms with van der Waals surface area (Å²) in [5, 5.41) is 9.17. The molecule has 0 amide bonds. The summed E-state index contributed by atoms with van der Waals surface area (Å²) in [6, 6.07) is 3.34. The largest absolute Gasteiger partial charge is 0.493 e. The van der Waals surface area contributed by atoms with E-state index in [-0.39, 0.29) is 0 Å². The predicted octanol–water partition coefficient (Wildman–Crippen LogP) is 2.29. The molecule has 0 fully saturated rings. The average Bonchev–Trinajstić information content (AvgIpc) is 2.37. The second-order valence-corrected chi connectivity index (χ2v) is 3.76. The molecule has 0 aliphatic heterocycles. The zero-order valence-electron chi connectivity index (χ0n) is 11.0. The Bertz CT molecular complexity index is 402. The molecule has 0 saturated carbocycles. The average molecular weight is 254 g/mol. The number of hydrogen-bond acceptors (Lipinski definition) is 4. The van der Waals surface area contributed by atoms with E-state index in [0.29, 0.717) is 29.2 Å². The maximum Gasteiger partial charge on any atom is 0.310 e. The van der Waals surface area contributed by atoms with Gasteiger partial charge >= 0.3 is 5.97 Å². The Balaban J connectivity index is 3.34. The molecule has 0 aromatic heterocycles. The van der Waals surface area contributed by atoms with Crippen LogP contribution in [0.15, 0.2) is 12.1 Å². The van der Waals surface area contributed by atoms with Crippen molar-refractivity contribution in [2.24, 2.45) is 0 Å². The van der Waals surface area contributed by atoms with E-state index < -0.39 is 11.9 Å². The van der Waals surface area contributed by atoms with Gasteiger partial charge in [0.15, 0.2) is 11.5 Å². The van der Waals surface area contributed by atoms with Gasteiger partial charge in [0, 0.05) is 0 Å². The van der Waals surface area contributed by atoms with Gasteiger partial charge in [0.25, 0.3) is 0 Å². The molecule has 0 spiro atoms. The molecule has 0 radical (unpaired) electrons. The molecule has 100 valence electrons. The van der Waals surface area contributed by atoms with Crippen LogP contribution in [0.4, 0.5) is 0 Å². The molecule has 0 unspecified atom stereocenters. The van der Waals surface area contributed by atoms with Crippen molar-refractivity contribution in [2.45, 2.75) is 19.3 Å². The highest BCUT2D eigenvalue weighted by molar-refractivity contribution is 5.77. The Morgan fingerprint density at radius 2 is 1.67 bits per heavy atom. The van der Waals surface area contributed by atoms with Gasteiger partial charge in [-0.25, -0.2) is 0 Å². The van der Waals surface area contributed by atoms with Crippen molar-refractivity contribution in [1.29, 1.82) is 0 Å². The zero-order chi connectivity index (χ0) is 13.7. The van der Waals surface area contributed by atoms with E-state index in [4.69, 9.17) is 19.3 Å². The van der Waals surface area contributed by atoms with Crippen molar-refractivity contribution in [1.82, 2.24) is 0 Å². The van der Waals surface area contributed by atoms with Crippen LogP contribution in [0, 0.1) is 0 Å². The quantitative estimate of drug-likeness (QED) is 0.843. The van der Waals surface area contributed by atoms with Gasteiger partial charge < -0.3 is 19.3 Å². The van der Waals surface area contributed by atoms with E-state index in [1.807, 2.05) is 6.92 Å². The first-order chi connectivity index (χ1) is 8.58. The molecule has 0 aliphatic rings. The Kier molecular flexibility index (Phi) is 4.83. The predicted molar refractivity (Wildman–Crippen MR) is 66.8 cm³/mol. The lowest BCUT2D eigenvalue weighted by Gasteiger charge is -2.16. The van der Waals surface area contributed by atoms with Crippen molar-refractivity contribution in [3.05, 3.63) is 17.7 Å². The Morgan fingerprint density at radius 3 is 1.94 bits per heavy atom. The van der Waals surface area contributed by atoms with E-state index in [0.717, 1.165) is 0 Å². The number of carboxylic acids is 1. The number of benzene rings is 1. The lowest BCUT2D eigenvalue weighted by Crippen LogP contribution is -2.11. The van der Waals surface area contributed by atoms with Gasteiger partial charge in [-0.15, -0.1) is 0 Å². The monoisotopic (exact) mass is 254 g/mol. The van der Waals surface area contributed by atoms with Gasteiger partial charge in [-0.1, -0.05) is 6.92 Å². The number of hydrogen-bond donors (Lipinski definition) is 1.